The number of hydrogen-bond acceptors (Lipinski definition) is 5. The molecule has 0 spiro atoms. The number of anilines is 1. The maximum absolute atomic E-state index is 12.3. The lowest BCUT2D eigenvalue weighted by molar-refractivity contribution is -0.385. The van der Waals surface area contributed by atoms with E-state index in [1.807, 2.05) is 12.1 Å². The van der Waals surface area contributed by atoms with Gasteiger partial charge in [-0.05, 0) is 54.9 Å². The molecule has 0 aromatic heterocycles. The summed E-state index contributed by atoms with van der Waals surface area (Å²) in [4.78, 5) is 22.8. The van der Waals surface area contributed by atoms with Crippen molar-refractivity contribution < 1.29 is 14.5 Å². The number of carbonyl (C=O) groups is 1. The minimum Gasteiger partial charge on any atom is -0.494 e. The third-order valence-electron chi connectivity index (χ3n) is 5.20. The van der Waals surface area contributed by atoms with Gasteiger partial charge in [0.05, 0.1) is 11.5 Å². The van der Waals surface area contributed by atoms with Gasteiger partial charge in [-0.2, -0.15) is 0 Å². The number of nitro groups is 1. The topological polar surface area (TPSA) is 93.5 Å². The zero-order chi connectivity index (χ0) is 21.3. The number of thiocarbonyl (C=S) groups is 1. The predicted octanol–water partition coefficient (Wildman–Crippen LogP) is 5.07. The first-order valence-corrected chi connectivity index (χ1v) is 10.5. The van der Waals surface area contributed by atoms with Gasteiger partial charge in [-0.1, -0.05) is 44.2 Å². The molecule has 2 N–H and O–H groups in total. The van der Waals surface area contributed by atoms with Crippen molar-refractivity contribution in [2.45, 2.75) is 38.5 Å². The molecular weight excluding hydrogens is 402 g/mol. The summed E-state index contributed by atoms with van der Waals surface area (Å²) in [5.41, 5.74) is 0.364. The molecule has 1 saturated carbocycles. The van der Waals surface area contributed by atoms with E-state index in [-0.39, 0.29) is 16.4 Å². The zero-order valence-corrected chi connectivity index (χ0v) is 17.5. The van der Waals surface area contributed by atoms with E-state index in [1.54, 1.807) is 18.2 Å². The lowest BCUT2D eigenvalue weighted by atomic mass is 9.87. The quantitative estimate of drug-likeness (QED) is 0.364. The highest BCUT2D eigenvalue weighted by Gasteiger charge is 2.20. The highest BCUT2D eigenvalue weighted by molar-refractivity contribution is 7.80. The van der Waals surface area contributed by atoms with E-state index in [9.17, 15) is 14.9 Å². The monoisotopic (exact) mass is 427 g/mol. The van der Waals surface area contributed by atoms with Gasteiger partial charge in [-0.3, -0.25) is 20.2 Å². The van der Waals surface area contributed by atoms with Gasteiger partial charge in [0, 0.05) is 11.8 Å². The molecule has 2 aromatic carbocycles. The van der Waals surface area contributed by atoms with Crippen LogP contribution in [-0.4, -0.2) is 22.5 Å². The lowest BCUT2D eigenvalue weighted by Crippen LogP contribution is -2.34. The maximum Gasteiger partial charge on any atom is 0.282 e. The number of nitrogens with zero attached hydrogens (tertiary/aromatic N) is 1. The Morgan fingerprint density at radius 1 is 1.10 bits per heavy atom. The predicted molar refractivity (Wildman–Crippen MR) is 120 cm³/mol. The third kappa shape index (κ3) is 6.25. The van der Waals surface area contributed by atoms with Gasteiger partial charge in [-0.15, -0.1) is 0 Å². The molecule has 0 unspecified atom stereocenters. The summed E-state index contributed by atoms with van der Waals surface area (Å²) in [6.45, 7) is 0.710. The molecule has 1 aliphatic carbocycles. The molecule has 0 heterocycles. The van der Waals surface area contributed by atoms with Crippen molar-refractivity contribution >= 4 is 34.6 Å². The van der Waals surface area contributed by atoms with Crippen molar-refractivity contribution in [3.63, 3.8) is 0 Å². The second-order valence-electron chi connectivity index (χ2n) is 7.35. The van der Waals surface area contributed by atoms with Gasteiger partial charge in [0.15, 0.2) is 5.11 Å². The largest absolute Gasteiger partial charge is 0.494 e. The van der Waals surface area contributed by atoms with Crippen LogP contribution < -0.4 is 15.4 Å². The third-order valence-corrected chi connectivity index (χ3v) is 5.41. The number of hydrogen-bond donors (Lipinski definition) is 2. The number of benzene rings is 2. The molecule has 0 atom stereocenters. The molecule has 2 aromatic rings. The molecule has 0 bridgehead atoms. The lowest BCUT2D eigenvalue weighted by Gasteiger charge is -2.21. The SMILES string of the molecule is O=C(NC(=S)Nc1ccc(OCCC2CCCCC2)cc1)c1ccccc1[N+](=O)[O-]. The Hall–Kier alpha value is -3.00. The van der Waals surface area contributed by atoms with Crippen LogP contribution in [0.15, 0.2) is 48.5 Å². The summed E-state index contributed by atoms with van der Waals surface area (Å²) in [5, 5.41) is 16.5. The molecule has 1 amide bonds. The number of ether oxygens (including phenoxy) is 1. The standard InChI is InChI=1S/C22H25N3O4S/c26-21(19-8-4-5-9-20(19)25(27)28)24-22(30)23-17-10-12-18(13-11-17)29-15-14-16-6-2-1-3-7-16/h4-5,8-13,16H,1-3,6-7,14-15H2,(H2,23,24,26,30). The van der Waals surface area contributed by atoms with Crippen LogP contribution in [0, 0.1) is 16.0 Å². The van der Waals surface area contributed by atoms with E-state index < -0.39 is 10.8 Å². The van der Waals surface area contributed by atoms with Crippen molar-refractivity contribution in [2.75, 3.05) is 11.9 Å². The number of para-hydroxylation sites is 1. The fraction of sp³-hybridized carbons (Fsp3) is 0.364. The molecule has 1 aliphatic rings. The van der Waals surface area contributed by atoms with Gasteiger partial charge < -0.3 is 10.1 Å². The molecule has 0 saturated heterocycles. The van der Waals surface area contributed by atoms with Crippen molar-refractivity contribution in [1.29, 1.82) is 0 Å². The minimum atomic E-state index is -0.637. The first-order chi connectivity index (χ1) is 14.5. The molecule has 0 aliphatic heterocycles. The Balaban J connectivity index is 1.47. The van der Waals surface area contributed by atoms with E-state index in [1.165, 1.54) is 50.3 Å². The smallest absolute Gasteiger partial charge is 0.282 e. The second-order valence-corrected chi connectivity index (χ2v) is 7.76. The van der Waals surface area contributed by atoms with Crippen LogP contribution in [0.25, 0.3) is 0 Å². The second kappa shape index (κ2) is 10.7. The summed E-state index contributed by atoms with van der Waals surface area (Å²) in [5.74, 6) is 0.926. The number of nitrogens with one attached hydrogen (secondary N) is 2. The Morgan fingerprint density at radius 3 is 2.50 bits per heavy atom. The molecule has 1 fully saturated rings. The molecule has 8 heteroatoms. The highest BCUT2D eigenvalue weighted by atomic mass is 32.1. The number of nitro benzene ring substituents is 1. The molecule has 3 rings (SSSR count). The molecule has 30 heavy (non-hydrogen) atoms. The highest BCUT2D eigenvalue weighted by Crippen LogP contribution is 2.26. The number of carbonyl (C=O) groups excluding carboxylic acids is 1. The first-order valence-electron chi connectivity index (χ1n) is 10.1. The molecule has 158 valence electrons. The Bertz CT molecular complexity index is 896. The van der Waals surface area contributed by atoms with Crippen molar-refractivity contribution in [1.82, 2.24) is 5.32 Å². The number of rotatable bonds is 7. The van der Waals surface area contributed by atoms with Gasteiger partial charge >= 0.3 is 0 Å². The first kappa shape index (κ1) is 21.7. The van der Waals surface area contributed by atoms with Crippen molar-refractivity contribution in [3.8, 4) is 5.75 Å². The summed E-state index contributed by atoms with van der Waals surface area (Å²) in [6.07, 6.45) is 7.72. The Morgan fingerprint density at radius 2 is 1.80 bits per heavy atom. The molecular formula is C22H25N3O4S. The van der Waals surface area contributed by atoms with Crippen molar-refractivity contribution in [2.24, 2.45) is 5.92 Å². The average Bonchev–Trinajstić information content (AvgIpc) is 2.75. The minimum absolute atomic E-state index is 0.0478. The van der Waals surface area contributed by atoms with Crippen LogP contribution in [0.3, 0.4) is 0 Å². The molecule has 0 radical (unpaired) electrons. The summed E-state index contributed by atoms with van der Waals surface area (Å²) in [7, 11) is 0. The van der Waals surface area contributed by atoms with E-state index in [2.05, 4.69) is 10.6 Å². The molecule has 7 nitrogen and oxygen atoms in total. The summed E-state index contributed by atoms with van der Waals surface area (Å²) in [6, 6.07) is 13.0. The maximum atomic E-state index is 12.3. The fourth-order valence-electron chi connectivity index (χ4n) is 3.61. The van der Waals surface area contributed by atoms with Crippen LogP contribution >= 0.6 is 12.2 Å². The van der Waals surface area contributed by atoms with Gasteiger partial charge in [-0.25, -0.2) is 0 Å². The van der Waals surface area contributed by atoms with Gasteiger partial charge in [0.2, 0.25) is 0 Å². The van der Waals surface area contributed by atoms with Crippen LogP contribution in [0.1, 0.15) is 48.9 Å². The van der Waals surface area contributed by atoms with Crippen LogP contribution in [0.4, 0.5) is 11.4 Å². The van der Waals surface area contributed by atoms with Crippen LogP contribution in [0.5, 0.6) is 5.75 Å². The van der Waals surface area contributed by atoms with Crippen LogP contribution in [-0.2, 0) is 0 Å². The van der Waals surface area contributed by atoms with E-state index in [0.29, 0.717) is 12.3 Å². The average molecular weight is 428 g/mol. The Labute approximate surface area is 181 Å². The van der Waals surface area contributed by atoms with E-state index >= 15 is 0 Å². The summed E-state index contributed by atoms with van der Waals surface area (Å²) < 4.78 is 5.83. The van der Waals surface area contributed by atoms with E-state index in [0.717, 1.165) is 18.1 Å². The Kier molecular flexibility index (Phi) is 7.73. The fourth-order valence-corrected chi connectivity index (χ4v) is 3.82. The van der Waals surface area contributed by atoms with Crippen molar-refractivity contribution in [3.05, 3.63) is 64.2 Å². The van der Waals surface area contributed by atoms with E-state index in [4.69, 9.17) is 17.0 Å². The van der Waals surface area contributed by atoms with Gasteiger partial charge in [0.25, 0.3) is 11.6 Å². The summed E-state index contributed by atoms with van der Waals surface area (Å²) >= 11 is 5.15. The van der Waals surface area contributed by atoms with Gasteiger partial charge in [0.1, 0.15) is 11.3 Å². The van der Waals surface area contributed by atoms with Crippen LogP contribution in [0.2, 0.25) is 0 Å². The number of amides is 1. The zero-order valence-electron chi connectivity index (χ0n) is 16.6. The normalized spacial score (nSPS) is 14.0.